The van der Waals surface area contributed by atoms with E-state index in [-0.39, 0.29) is 0 Å². The first-order valence-corrected chi connectivity index (χ1v) is 6.64. The summed E-state index contributed by atoms with van der Waals surface area (Å²) in [4.78, 5) is 1.93. The maximum atomic E-state index is 7.92. The van der Waals surface area contributed by atoms with Crippen molar-refractivity contribution in [1.82, 2.24) is 0 Å². The molecule has 1 saturated heterocycles. The minimum absolute atomic E-state index is 0.512. The zero-order valence-electron chi connectivity index (χ0n) is 8.56. The second-order valence-electron chi connectivity index (χ2n) is 3.75. The van der Waals surface area contributed by atoms with Crippen molar-refractivity contribution in [2.45, 2.75) is 19.3 Å². The number of hydrogen-bond donors (Lipinski definition) is 1. The minimum atomic E-state index is 0.512. The number of nitrogens with one attached hydrogen (secondary N) is 1. The zero-order chi connectivity index (χ0) is 11.7. The number of hydrogen-bond acceptors (Lipinski definition) is 1. The predicted molar refractivity (Wildman–Crippen MR) is 73.1 cm³/mol. The molecule has 1 N–H and O–H groups in total. The highest BCUT2D eigenvalue weighted by Gasteiger charge is 2.20. The average Bonchev–Trinajstić information content (AvgIpc) is 2.28. The molecular weight excluding hydrogens is 311 g/mol. The highest BCUT2D eigenvalue weighted by Crippen LogP contribution is 2.38. The van der Waals surface area contributed by atoms with E-state index in [9.17, 15) is 0 Å². The summed E-state index contributed by atoms with van der Waals surface area (Å²) in [5.41, 5.74) is 0.833. The van der Waals surface area contributed by atoms with Crippen LogP contribution in [-0.2, 0) is 0 Å². The molecule has 5 heteroatoms. The van der Waals surface area contributed by atoms with Crippen LogP contribution in [0.5, 0.6) is 0 Å². The number of piperidine rings is 1. The molecule has 0 spiro atoms. The molecule has 0 saturated carbocycles. The van der Waals surface area contributed by atoms with Crippen molar-refractivity contribution >= 4 is 50.7 Å². The summed E-state index contributed by atoms with van der Waals surface area (Å²) in [5.74, 6) is 0.617. The number of rotatable bonds is 1. The Morgan fingerprint density at radius 3 is 2.62 bits per heavy atom. The Hall–Kier alpha value is -0.250. The van der Waals surface area contributed by atoms with Crippen LogP contribution in [0.4, 0.5) is 5.69 Å². The Labute approximate surface area is 113 Å². The molecule has 0 aromatic heterocycles. The van der Waals surface area contributed by atoms with Gasteiger partial charge in [0.15, 0.2) is 0 Å². The van der Waals surface area contributed by atoms with E-state index < -0.39 is 0 Å². The Balaban J connectivity index is 2.40. The lowest BCUT2D eigenvalue weighted by Crippen LogP contribution is -2.34. The summed E-state index contributed by atoms with van der Waals surface area (Å²) >= 11 is 15.6. The quantitative estimate of drug-likeness (QED) is 0.744. The second-order valence-corrected chi connectivity index (χ2v) is 5.36. The summed E-state index contributed by atoms with van der Waals surface area (Å²) in [6.07, 6.45) is 2.98. The molecule has 0 unspecified atom stereocenters. The van der Waals surface area contributed by atoms with E-state index in [1.807, 2.05) is 17.0 Å². The predicted octanol–water partition coefficient (Wildman–Crippen LogP) is 4.72. The second kappa shape index (κ2) is 4.94. The fraction of sp³-hybridized carbons (Fsp3) is 0.364. The largest absolute Gasteiger partial charge is 0.329 e. The Bertz CT molecular complexity index is 434. The monoisotopic (exact) mass is 320 g/mol. The van der Waals surface area contributed by atoms with E-state index in [2.05, 4.69) is 15.9 Å². The molecule has 86 valence electrons. The molecule has 2 nitrogen and oxygen atoms in total. The lowest BCUT2D eigenvalue weighted by atomic mass is 10.1. The first-order valence-electron chi connectivity index (χ1n) is 5.09. The first-order chi connectivity index (χ1) is 7.61. The molecule has 1 heterocycles. The molecule has 0 bridgehead atoms. The van der Waals surface area contributed by atoms with Gasteiger partial charge in [-0.25, -0.2) is 0 Å². The van der Waals surface area contributed by atoms with Crippen molar-refractivity contribution in [3.8, 4) is 0 Å². The molecule has 0 radical (unpaired) electrons. The molecule has 0 amide bonds. The van der Waals surface area contributed by atoms with Gasteiger partial charge >= 0.3 is 0 Å². The van der Waals surface area contributed by atoms with E-state index in [1.165, 1.54) is 0 Å². The van der Waals surface area contributed by atoms with Gasteiger partial charge in [-0.2, -0.15) is 0 Å². The van der Waals surface area contributed by atoms with E-state index >= 15 is 0 Å². The topological polar surface area (TPSA) is 27.1 Å². The summed E-state index contributed by atoms with van der Waals surface area (Å²) < 4.78 is 0.784. The molecule has 2 rings (SSSR count). The molecule has 1 aliphatic rings. The number of halogens is 3. The Morgan fingerprint density at radius 2 is 1.94 bits per heavy atom. The van der Waals surface area contributed by atoms with Gasteiger partial charge in [-0.3, -0.25) is 5.41 Å². The Kier molecular flexibility index (Phi) is 3.77. The fourth-order valence-corrected chi connectivity index (χ4v) is 2.69. The van der Waals surface area contributed by atoms with Crippen LogP contribution in [0.15, 0.2) is 16.6 Å². The van der Waals surface area contributed by atoms with Gasteiger partial charge in [-0.05, 0) is 40.9 Å². The molecule has 1 aromatic rings. The molecule has 0 aliphatic carbocycles. The van der Waals surface area contributed by atoms with Crippen LogP contribution in [0.25, 0.3) is 0 Å². The van der Waals surface area contributed by atoms with Gasteiger partial charge in [0, 0.05) is 17.4 Å². The van der Waals surface area contributed by atoms with Crippen LogP contribution < -0.4 is 4.90 Å². The number of nitrogens with zero attached hydrogens (tertiary/aromatic N) is 1. The average molecular weight is 322 g/mol. The third-order valence-corrected chi connectivity index (χ3v) is 4.44. The summed E-state index contributed by atoms with van der Waals surface area (Å²) in [6, 6.07) is 3.77. The molecule has 0 atom stereocenters. The van der Waals surface area contributed by atoms with Crippen molar-refractivity contribution in [3.63, 3.8) is 0 Å². The van der Waals surface area contributed by atoms with Gasteiger partial charge < -0.3 is 4.90 Å². The van der Waals surface area contributed by atoms with Crippen LogP contribution in [0, 0.1) is 5.41 Å². The van der Waals surface area contributed by atoms with Gasteiger partial charge in [0.1, 0.15) is 5.84 Å². The number of amidine groups is 1. The van der Waals surface area contributed by atoms with E-state index in [1.54, 1.807) is 0 Å². The standard InChI is InChI=1S/C11H11BrCl2N2/c12-7-4-5-8(11(14)10(7)13)16-6-2-1-3-9(16)15/h4-5,15H,1-3,6H2. The zero-order valence-corrected chi connectivity index (χ0v) is 11.7. The van der Waals surface area contributed by atoms with Gasteiger partial charge in [-0.15, -0.1) is 0 Å². The molecule has 1 aromatic carbocycles. The molecule has 1 aliphatic heterocycles. The number of anilines is 1. The lowest BCUT2D eigenvalue weighted by molar-refractivity contribution is 0.707. The van der Waals surface area contributed by atoms with Crippen molar-refractivity contribution in [3.05, 3.63) is 26.7 Å². The third kappa shape index (κ3) is 2.22. The maximum absolute atomic E-state index is 7.92. The van der Waals surface area contributed by atoms with E-state index in [0.717, 1.165) is 36.0 Å². The third-order valence-electron chi connectivity index (χ3n) is 2.68. The van der Waals surface area contributed by atoms with Gasteiger partial charge in [-0.1, -0.05) is 23.2 Å². The SMILES string of the molecule is N=C1CCCCN1c1ccc(Br)c(Cl)c1Cl. The van der Waals surface area contributed by atoms with Crippen LogP contribution in [0.2, 0.25) is 10.0 Å². The highest BCUT2D eigenvalue weighted by molar-refractivity contribution is 9.10. The molecule has 16 heavy (non-hydrogen) atoms. The van der Waals surface area contributed by atoms with Gasteiger partial charge in [0.2, 0.25) is 0 Å². The van der Waals surface area contributed by atoms with Crippen LogP contribution in [-0.4, -0.2) is 12.4 Å². The summed E-state index contributed by atoms with van der Waals surface area (Å²) in [6.45, 7) is 0.844. The van der Waals surface area contributed by atoms with Crippen LogP contribution in [0.1, 0.15) is 19.3 Å². The van der Waals surface area contributed by atoms with E-state index in [0.29, 0.717) is 15.9 Å². The first kappa shape index (κ1) is 12.2. The van der Waals surface area contributed by atoms with Crippen molar-refractivity contribution in [2.24, 2.45) is 0 Å². The minimum Gasteiger partial charge on any atom is -0.329 e. The number of benzene rings is 1. The lowest BCUT2D eigenvalue weighted by Gasteiger charge is -2.30. The Morgan fingerprint density at radius 1 is 1.19 bits per heavy atom. The van der Waals surface area contributed by atoms with Crippen LogP contribution >= 0.6 is 39.1 Å². The smallest absolute Gasteiger partial charge is 0.100 e. The highest BCUT2D eigenvalue weighted by atomic mass is 79.9. The van der Waals surface area contributed by atoms with Crippen molar-refractivity contribution < 1.29 is 0 Å². The van der Waals surface area contributed by atoms with Crippen molar-refractivity contribution in [1.29, 1.82) is 5.41 Å². The van der Waals surface area contributed by atoms with Crippen LogP contribution in [0.3, 0.4) is 0 Å². The summed E-state index contributed by atoms with van der Waals surface area (Å²) in [5, 5.41) is 8.94. The van der Waals surface area contributed by atoms with Gasteiger partial charge in [0.25, 0.3) is 0 Å². The normalized spacial score (nSPS) is 16.7. The molecular formula is C11H11BrCl2N2. The van der Waals surface area contributed by atoms with Gasteiger partial charge in [0.05, 0.1) is 15.7 Å². The molecule has 1 fully saturated rings. The van der Waals surface area contributed by atoms with E-state index in [4.69, 9.17) is 28.6 Å². The maximum Gasteiger partial charge on any atom is 0.100 e. The summed E-state index contributed by atoms with van der Waals surface area (Å²) in [7, 11) is 0. The van der Waals surface area contributed by atoms with Crippen molar-refractivity contribution in [2.75, 3.05) is 11.4 Å². The fourth-order valence-electron chi connectivity index (χ4n) is 1.82.